The Morgan fingerprint density at radius 3 is 2.41 bits per heavy atom. The Morgan fingerprint density at radius 1 is 1.29 bits per heavy atom. The second kappa shape index (κ2) is 5.48. The summed E-state index contributed by atoms with van der Waals surface area (Å²) in [5, 5.41) is 19.9. The highest BCUT2D eigenvalue weighted by Gasteiger charge is 2.17. The van der Waals surface area contributed by atoms with E-state index in [-0.39, 0.29) is 11.8 Å². The van der Waals surface area contributed by atoms with Crippen LogP contribution in [-0.4, -0.2) is 33.5 Å². The zero-order chi connectivity index (χ0) is 12.3. The molecule has 1 aromatic carbocycles. The van der Waals surface area contributed by atoms with Gasteiger partial charge in [0, 0.05) is 30.1 Å². The molecule has 0 saturated carbocycles. The summed E-state index contributed by atoms with van der Waals surface area (Å²) in [6, 6.07) is 6.55. The Labute approximate surface area is 104 Å². The van der Waals surface area contributed by atoms with Crippen LogP contribution < -0.4 is 0 Å². The Morgan fingerprint density at radius 2 is 1.88 bits per heavy atom. The summed E-state index contributed by atoms with van der Waals surface area (Å²) in [5.41, 5.74) is 0.114. The van der Waals surface area contributed by atoms with Gasteiger partial charge in [-0.3, -0.25) is 10.1 Å². The Balaban J connectivity index is 1.92. The second-order valence-electron chi connectivity index (χ2n) is 4.00. The van der Waals surface area contributed by atoms with E-state index in [2.05, 4.69) is 4.31 Å². The van der Waals surface area contributed by atoms with Gasteiger partial charge in [0.05, 0.1) is 11.0 Å². The lowest BCUT2D eigenvalue weighted by Gasteiger charge is -2.28. The van der Waals surface area contributed by atoms with Gasteiger partial charge in [-0.2, -0.15) is 0 Å². The lowest BCUT2D eigenvalue weighted by molar-refractivity contribution is -0.384. The van der Waals surface area contributed by atoms with E-state index in [0.29, 0.717) is 0 Å². The fourth-order valence-corrected chi connectivity index (χ4v) is 2.66. The van der Waals surface area contributed by atoms with Crippen LogP contribution in [0.3, 0.4) is 0 Å². The highest BCUT2D eigenvalue weighted by atomic mass is 32.2. The standard InChI is InChI=1S/C11H14N2O3S/c14-10-5-7-12(8-6-10)17-11-3-1-9(2-4-11)13(15)16/h1-4,10,14H,5-8H2. The molecule has 1 aliphatic rings. The molecule has 1 heterocycles. The average molecular weight is 254 g/mol. The number of nitro groups is 1. The van der Waals surface area contributed by atoms with Gasteiger partial charge in [-0.1, -0.05) is 0 Å². The number of hydrogen-bond donors (Lipinski definition) is 1. The molecule has 17 heavy (non-hydrogen) atoms. The Kier molecular flexibility index (Phi) is 3.98. The van der Waals surface area contributed by atoms with E-state index >= 15 is 0 Å². The van der Waals surface area contributed by atoms with Crippen LogP contribution >= 0.6 is 11.9 Å². The molecular weight excluding hydrogens is 240 g/mol. The maximum Gasteiger partial charge on any atom is 0.269 e. The number of hydrogen-bond acceptors (Lipinski definition) is 5. The number of rotatable bonds is 3. The van der Waals surface area contributed by atoms with Crippen LogP contribution in [0.4, 0.5) is 5.69 Å². The van der Waals surface area contributed by atoms with Crippen molar-refractivity contribution in [1.82, 2.24) is 4.31 Å². The lowest BCUT2D eigenvalue weighted by Crippen LogP contribution is -2.30. The molecule has 2 rings (SSSR count). The first kappa shape index (κ1) is 12.3. The first-order valence-corrected chi connectivity index (χ1v) is 6.28. The van der Waals surface area contributed by atoms with Gasteiger partial charge < -0.3 is 5.11 Å². The van der Waals surface area contributed by atoms with Crippen molar-refractivity contribution in [2.75, 3.05) is 13.1 Å². The predicted molar refractivity (Wildman–Crippen MR) is 65.8 cm³/mol. The van der Waals surface area contributed by atoms with Crippen molar-refractivity contribution in [2.24, 2.45) is 0 Å². The molecule has 0 bridgehead atoms. The van der Waals surface area contributed by atoms with Crippen molar-refractivity contribution in [3.63, 3.8) is 0 Å². The molecule has 1 fully saturated rings. The van der Waals surface area contributed by atoms with E-state index in [1.807, 2.05) is 0 Å². The van der Waals surface area contributed by atoms with E-state index in [4.69, 9.17) is 0 Å². The maximum atomic E-state index is 10.5. The van der Waals surface area contributed by atoms with Gasteiger partial charge in [-0.05, 0) is 36.9 Å². The van der Waals surface area contributed by atoms with Gasteiger partial charge >= 0.3 is 0 Å². The van der Waals surface area contributed by atoms with Crippen molar-refractivity contribution >= 4 is 17.6 Å². The fourth-order valence-electron chi connectivity index (χ4n) is 1.71. The number of piperidine rings is 1. The predicted octanol–water partition coefficient (Wildman–Crippen LogP) is 2.06. The van der Waals surface area contributed by atoms with Crippen molar-refractivity contribution in [2.45, 2.75) is 23.8 Å². The van der Waals surface area contributed by atoms with Gasteiger partial charge in [0.15, 0.2) is 0 Å². The van der Waals surface area contributed by atoms with Crippen LogP contribution in [0.25, 0.3) is 0 Å². The molecule has 1 saturated heterocycles. The first-order chi connectivity index (χ1) is 8.15. The number of nitro benzene ring substituents is 1. The number of aliphatic hydroxyl groups excluding tert-OH is 1. The summed E-state index contributed by atoms with van der Waals surface area (Å²) in [4.78, 5) is 11.1. The molecule has 0 atom stereocenters. The summed E-state index contributed by atoms with van der Waals surface area (Å²) in [6.45, 7) is 1.70. The van der Waals surface area contributed by atoms with Crippen LogP contribution in [0, 0.1) is 10.1 Å². The summed E-state index contributed by atoms with van der Waals surface area (Å²) in [6.07, 6.45) is 1.41. The summed E-state index contributed by atoms with van der Waals surface area (Å²) < 4.78 is 2.17. The summed E-state index contributed by atoms with van der Waals surface area (Å²) >= 11 is 1.59. The van der Waals surface area contributed by atoms with Gasteiger partial charge in [0.25, 0.3) is 5.69 Å². The third-order valence-electron chi connectivity index (χ3n) is 2.71. The Bertz CT molecular complexity index is 388. The van der Waals surface area contributed by atoms with Crippen molar-refractivity contribution in [3.8, 4) is 0 Å². The summed E-state index contributed by atoms with van der Waals surface area (Å²) in [5.74, 6) is 0. The van der Waals surface area contributed by atoms with Crippen LogP contribution in [0.2, 0.25) is 0 Å². The van der Waals surface area contributed by atoms with Crippen molar-refractivity contribution in [3.05, 3.63) is 34.4 Å². The normalized spacial score (nSPS) is 18.2. The number of aliphatic hydroxyl groups is 1. The molecule has 92 valence electrons. The molecule has 0 amide bonds. The molecule has 6 heteroatoms. The highest BCUT2D eigenvalue weighted by Crippen LogP contribution is 2.27. The molecular formula is C11H14N2O3S. The lowest BCUT2D eigenvalue weighted by atomic mass is 10.1. The fraction of sp³-hybridized carbons (Fsp3) is 0.455. The van der Waals surface area contributed by atoms with Gasteiger partial charge in [0.1, 0.15) is 0 Å². The molecule has 0 radical (unpaired) electrons. The maximum absolute atomic E-state index is 10.5. The van der Waals surface area contributed by atoms with Gasteiger partial charge in [-0.25, -0.2) is 4.31 Å². The third-order valence-corrected chi connectivity index (χ3v) is 3.81. The molecule has 0 aliphatic carbocycles. The van der Waals surface area contributed by atoms with Gasteiger partial charge in [0.2, 0.25) is 0 Å². The molecule has 1 N–H and O–H groups in total. The van der Waals surface area contributed by atoms with E-state index in [9.17, 15) is 15.2 Å². The monoisotopic (exact) mass is 254 g/mol. The molecule has 1 aliphatic heterocycles. The zero-order valence-electron chi connectivity index (χ0n) is 9.28. The van der Waals surface area contributed by atoms with Crippen LogP contribution in [-0.2, 0) is 0 Å². The number of benzene rings is 1. The topological polar surface area (TPSA) is 66.6 Å². The largest absolute Gasteiger partial charge is 0.393 e. The zero-order valence-corrected chi connectivity index (χ0v) is 10.1. The highest BCUT2D eigenvalue weighted by molar-refractivity contribution is 7.97. The molecule has 0 aromatic heterocycles. The quantitative estimate of drug-likeness (QED) is 0.508. The minimum Gasteiger partial charge on any atom is -0.393 e. The Hall–Kier alpha value is -1.11. The number of nitrogens with zero attached hydrogens (tertiary/aromatic N) is 2. The minimum absolute atomic E-state index is 0.114. The summed E-state index contributed by atoms with van der Waals surface area (Å²) in [7, 11) is 0. The van der Waals surface area contributed by atoms with E-state index in [0.717, 1.165) is 30.8 Å². The van der Waals surface area contributed by atoms with E-state index < -0.39 is 4.92 Å². The number of non-ortho nitro benzene ring substituents is 1. The van der Waals surface area contributed by atoms with Crippen LogP contribution in [0.15, 0.2) is 29.2 Å². The second-order valence-corrected chi connectivity index (χ2v) is 5.17. The smallest absolute Gasteiger partial charge is 0.269 e. The van der Waals surface area contributed by atoms with Crippen LogP contribution in [0.1, 0.15) is 12.8 Å². The van der Waals surface area contributed by atoms with Gasteiger partial charge in [-0.15, -0.1) is 0 Å². The SMILES string of the molecule is O=[N+]([O-])c1ccc(SN2CCC(O)CC2)cc1. The first-order valence-electron chi connectivity index (χ1n) is 5.50. The molecule has 1 aromatic rings. The van der Waals surface area contributed by atoms with Crippen LogP contribution in [0.5, 0.6) is 0 Å². The van der Waals surface area contributed by atoms with Crippen molar-refractivity contribution < 1.29 is 10.0 Å². The average Bonchev–Trinajstić information content (AvgIpc) is 2.33. The molecule has 0 unspecified atom stereocenters. The molecule has 5 nitrogen and oxygen atoms in total. The van der Waals surface area contributed by atoms with E-state index in [1.54, 1.807) is 24.1 Å². The van der Waals surface area contributed by atoms with Crippen molar-refractivity contribution in [1.29, 1.82) is 0 Å². The van der Waals surface area contributed by atoms with E-state index in [1.165, 1.54) is 12.1 Å². The third kappa shape index (κ3) is 3.42. The minimum atomic E-state index is -0.397. The molecule has 0 spiro atoms.